The van der Waals surface area contributed by atoms with E-state index in [9.17, 15) is 4.79 Å². The summed E-state index contributed by atoms with van der Waals surface area (Å²) in [7, 11) is 1.68. The summed E-state index contributed by atoms with van der Waals surface area (Å²) in [5, 5.41) is 4.12. The topological polar surface area (TPSA) is 54.1 Å². The Balaban J connectivity index is 2.10. The Bertz CT molecular complexity index is 1020. The molecule has 4 nitrogen and oxygen atoms in total. The lowest BCUT2D eigenvalue weighted by Gasteiger charge is -2.20. The Morgan fingerprint density at radius 2 is 1.77 bits per heavy atom. The van der Waals surface area contributed by atoms with Crippen LogP contribution in [0.5, 0.6) is 5.75 Å². The first-order valence-electron chi connectivity index (χ1n) is 10.1. The van der Waals surface area contributed by atoms with Crippen molar-refractivity contribution < 1.29 is 9.53 Å². The number of amides is 1. The number of thioether (sulfide) groups is 2. The van der Waals surface area contributed by atoms with Crippen molar-refractivity contribution in [3.63, 3.8) is 0 Å². The normalized spacial score (nSPS) is 11.9. The first-order valence-corrected chi connectivity index (χ1v) is 12.1. The second kappa shape index (κ2) is 10.6. The van der Waals surface area contributed by atoms with E-state index in [1.54, 1.807) is 30.6 Å². The van der Waals surface area contributed by atoms with Gasteiger partial charge in [0.05, 0.1) is 7.11 Å². The number of benzene rings is 2. The number of anilines is 1. The third-order valence-electron chi connectivity index (χ3n) is 4.86. The Kier molecular flexibility index (Phi) is 7.94. The van der Waals surface area contributed by atoms with Gasteiger partial charge in [-0.2, -0.15) is 0 Å². The van der Waals surface area contributed by atoms with Crippen LogP contribution in [-0.2, 0) is 4.79 Å². The number of para-hydroxylation sites is 1. The number of aromatic nitrogens is 1. The second-order valence-electron chi connectivity index (χ2n) is 6.74. The molecule has 30 heavy (non-hydrogen) atoms. The van der Waals surface area contributed by atoms with E-state index >= 15 is 0 Å². The molecule has 6 heteroatoms. The molecule has 3 rings (SSSR count). The summed E-state index contributed by atoms with van der Waals surface area (Å²) in [6.45, 7) is 6.33. The first kappa shape index (κ1) is 22.4. The van der Waals surface area contributed by atoms with E-state index in [1.807, 2.05) is 54.7 Å². The van der Waals surface area contributed by atoms with E-state index in [1.165, 1.54) is 0 Å². The molecule has 158 valence electrons. The highest BCUT2D eigenvalue weighted by Crippen LogP contribution is 2.42. The number of nitrogens with one attached hydrogen (secondary N) is 2. The zero-order valence-corrected chi connectivity index (χ0v) is 19.5. The molecule has 0 aliphatic carbocycles. The molecule has 0 aliphatic heterocycles. The van der Waals surface area contributed by atoms with Crippen LogP contribution in [0.1, 0.15) is 32.3 Å². The maximum atomic E-state index is 13.5. The van der Waals surface area contributed by atoms with Gasteiger partial charge in [-0.15, -0.1) is 23.5 Å². The molecule has 3 aromatic rings. The van der Waals surface area contributed by atoms with Gasteiger partial charge in [0.15, 0.2) is 0 Å². The molecule has 1 amide bonds. The predicted molar refractivity (Wildman–Crippen MR) is 132 cm³/mol. The number of hydrogen-bond acceptors (Lipinski definition) is 4. The molecular formula is C24H28N2O2S2. The fourth-order valence-corrected chi connectivity index (χ4v) is 5.90. The van der Waals surface area contributed by atoms with Gasteiger partial charge in [-0.3, -0.25) is 4.79 Å². The summed E-state index contributed by atoms with van der Waals surface area (Å²) in [6.07, 6.45) is 2.00. The quantitative estimate of drug-likeness (QED) is 0.366. The molecule has 0 bridgehead atoms. The monoisotopic (exact) mass is 440 g/mol. The van der Waals surface area contributed by atoms with Crippen molar-refractivity contribution in [1.29, 1.82) is 0 Å². The molecule has 0 saturated heterocycles. The Hall–Kier alpha value is -2.31. The first-order chi connectivity index (χ1) is 14.6. The summed E-state index contributed by atoms with van der Waals surface area (Å²) >= 11 is 3.46. The van der Waals surface area contributed by atoms with Gasteiger partial charge in [0.1, 0.15) is 5.75 Å². The number of carbonyl (C=O) groups excluding carboxylic acids is 1. The fraction of sp³-hybridized carbons (Fsp3) is 0.292. The molecule has 2 aromatic carbocycles. The van der Waals surface area contributed by atoms with E-state index in [4.69, 9.17) is 4.74 Å². The lowest BCUT2D eigenvalue weighted by atomic mass is 9.92. The number of fused-ring (bicyclic) bond motifs is 1. The molecule has 0 radical (unpaired) electrons. The third kappa shape index (κ3) is 4.87. The SMILES string of the molecule is CCSC(SCC)=C(C(=O)Nc1ccccc1)C(C)c1c[nH]c2cccc(OC)c12. The van der Waals surface area contributed by atoms with Crippen LogP contribution in [0.4, 0.5) is 5.69 Å². The van der Waals surface area contributed by atoms with Crippen LogP contribution >= 0.6 is 23.5 Å². The van der Waals surface area contributed by atoms with Crippen molar-refractivity contribution in [1.82, 2.24) is 4.98 Å². The number of methoxy groups -OCH3 is 1. The number of H-pyrrole nitrogens is 1. The third-order valence-corrected chi connectivity index (χ3v) is 7.11. The number of ether oxygens (including phenoxy) is 1. The Morgan fingerprint density at radius 1 is 1.07 bits per heavy atom. The van der Waals surface area contributed by atoms with Gasteiger partial charge in [0.25, 0.3) is 5.91 Å². The zero-order valence-electron chi connectivity index (χ0n) is 17.8. The lowest BCUT2D eigenvalue weighted by Crippen LogP contribution is -2.19. The largest absolute Gasteiger partial charge is 0.496 e. The van der Waals surface area contributed by atoms with Crippen LogP contribution in [0.25, 0.3) is 10.9 Å². The summed E-state index contributed by atoms with van der Waals surface area (Å²) in [5.74, 6) is 2.47. The standard InChI is InChI=1S/C24H28N2O2S2/c1-5-29-24(30-6-2)21(23(27)26-17-11-8-7-9-12-17)16(3)18-15-25-19-13-10-14-20(28-4)22(18)19/h7-16,25H,5-6H2,1-4H3,(H,26,27). The van der Waals surface area contributed by atoms with E-state index in [2.05, 4.69) is 31.1 Å². The molecular weight excluding hydrogens is 412 g/mol. The van der Waals surface area contributed by atoms with Gasteiger partial charge < -0.3 is 15.0 Å². The second-order valence-corrected chi connectivity index (χ2v) is 9.54. The molecule has 1 heterocycles. The van der Waals surface area contributed by atoms with Crippen LogP contribution in [0, 0.1) is 0 Å². The van der Waals surface area contributed by atoms with Crippen LogP contribution in [0.15, 0.2) is 64.5 Å². The predicted octanol–water partition coefficient (Wildman–Crippen LogP) is 6.64. The zero-order chi connectivity index (χ0) is 21.5. The van der Waals surface area contributed by atoms with Crippen LogP contribution in [0.3, 0.4) is 0 Å². The van der Waals surface area contributed by atoms with Crippen molar-refractivity contribution in [3.8, 4) is 5.75 Å². The number of rotatable bonds is 9. The molecule has 0 spiro atoms. The summed E-state index contributed by atoms with van der Waals surface area (Å²) in [6, 6.07) is 15.6. The van der Waals surface area contributed by atoms with Crippen molar-refractivity contribution in [2.24, 2.45) is 0 Å². The summed E-state index contributed by atoms with van der Waals surface area (Å²) < 4.78 is 6.70. The van der Waals surface area contributed by atoms with Gasteiger partial charge >= 0.3 is 0 Å². The minimum absolute atomic E-state index is 0.0603. The number of carbonyl (C=O) groups is 1. The molecule has 1 aromatic heterocycles. The Morgan fingerprint density at radius 3 is 2.40 bits per heavy atom. The van der Waals surface area contributed by atoms with Gasteiger partial charge in [-0.1, -0.05) is 45.0 Å². The van der Waals surface area contributed by atoms with Gasteiger partial charge in [0, 0.05) is 38.5 Å². The minimum Gasteiger partial charge on any atom is -0.496 e. The van der Waals surface area contributed by atoms with E-state index in [0.29, 0.717) is 0 Å². The van der Waals surface area contributed by atoms with Crippen molar-refractivity contribution in [3.05, 3.63) is 70.1 Å². The smallest absolute Gasteiger partial charge is 0.253 e. The van der Waals surface area contributed by atoms with Crippen molar-refractivity contribution in [2.45, 2.75) is 26.7 Å². The van der Waals surface area contributed by atoms with E-state index in [-0.39, 0.29) is 11.8 Å². The van der Waals surface area contributed by atoms with Crippen LogP contribution < -0.4 is 10.1 Å². The molecule has 0 aliphatic rings. The molecule has 1 atom stereocenters. The molecule has 0 saturated carbocycles. The highest BCUT2D eigenvalue weighted by atomic mass is 32.2. The average Bonchev–Trinajstić information content (AvgIpc) is 3.19. The van der Waals surface area contributed by atoms with Gasteiger partial charge in [0.2, 0.25) is 0 Å². The average molecular weight is 441 g/mol. The van der Waals surface area contributed by atoms with Crippen LogP contribution in [0.2, 0.25) is 0 Å². The fourth-order valence-electron chi connectivity index (χ4n) is 3.49. The van der Waals surface area contributed by atoms with E-state index < -0.39 is 0 Å². The molecule has 1 unspecified atom stereocenters. The van der Waals surface area contributed by atoms with Gasteiger partial charge in [-0.05, 0) is 41.3 Å². The van der Waals surface area contributed by atoms with Crippen molar-refractivity contribution in [2.75, 3.05) is 23.9 Å². The number of aromatic amines is 1. The maximum absolute atomic E-state index is 13.5. The molecule has 2 N–H and O–H groups in total. The summed E-state index contributed by atoms with van der Waals surface area (Å²) in [4.78, 5) is 16.8. The van der Waals surface area contributed by atoms with Gasteiger partial charge in [-0.25, -0.2) is 0 Å². The lowest BCUT2D eigenvalue weighted by molar-refractivity contribution is -0.113. The van der Waals surface area contributed by atoms with Crippen LogP contribution in [-0.4, -0.2) is 29.5 Å². The highest BCUT2D eigenvalue weighted by molar-refractivity contribution is 8.22. The number of hydrogen-bond donors (Lipinski definition) is 2. The highest BCUT2D eigenvalue weighted by Gasteiger charge is 2.26. The summed E-state index contributed by atoms with van der Waals surface area (Å²) in [5.41, 5.74) is 3.66. The minimum atomic E-state index is -0.105. The van der Waals surface area contributed by atoms with Crippen molar-refractivity contribution >= 4 is 46.0 Å². The molecule has 0 fully saturated rings. The maximum Gasteiger partial charge on any atom is 0.253 e. The Labute approximate surface area is 186 Å². The van der Waals surface area contributed by atoms with E-state index in [0.717, 1.165) is 49.2 Å².